The Morgan fingerprint density at radius 1 is 0.857 bits per heavy atom. The molecule has 2 nitrogen and oxygen atoms in total. The molecule has 0 aliphatic heterocycles. The monoisotopic (exact) mass is 711 g/mol. The van der Waals surface area contributed by atoms with E-state index < -0.39 is 0 Å². The van der Waals surface area contributed by atoms with Crippen LogP contribution in [0.5, 0.6) is 0 Å². The van der Waals surface area contributed by atoms with Crippen molar-refractivity contribution in [3.05, 3.63) is 58.8 Å². The first-order valence-corrected chi connectivity index (χ1v) is 20.8. The van der Waals surface area contributed by atoms with E-state index in [0.29, 0.717) is 11.8 Å². The first kappa shape index (κ1) is 57.0. The first-order valence-electron chi connectivity index (χ1n) is 20.3. The standard InChI is InChI=1S/C13H20O.C12H22.C5H8O.C5H12.C3H5FS.C3H8.2C2H6/c14-13(11-7-3-1-4-8-11)12-9-5-2-6-10-12;1-3-7-11(2)10-12-8-5-4-6-9-12;1-3-5(2)4-6;1-3-5-4-2;1-3(4)2-5;1-3-2;2*1-2/h1,3-4,7,11-14H,2,5-6,8-10H2;7,12H,3-6,8-10H2,1-2H3;3-4H,1-2H3;3-5H2,1-2H3;2,5H,1H3;3H2,1-2H3;2*1-2H3/b;11-7+;5-3+;;3-2+;;;. The quantitative estimate of drug-likeness (QED) is 0.114. The number of halogens is 1. The highest BCUT2D eigenvalue weighted by Gasteiger charge is 2.27. The average molecular weight is 711 g/mol. The summed E-state index contributed by atoms with van der Waals surface area (Å²) in [6, 6.07) is 0. The lowest BCUT2D eigenvalue weighted by Crippen LogP contribution is -2.29. The summed E-state index contributed by atoms with van der Waals surface area (Å²) in [7, 11) is 0. The number of allylic oxidation sites excluding steroid dienone is 8. The summed E-state index contributed by atoms with van der Waals surface area (Å²) in [6.45, 7) is 26.1. The minimum Gasteiger partial charge on any atom is -0.392 e. The highest BCUT2D eigenvalue weighted by molar-refractivity contribution is 7.83. The Morgan fingerprint density at radius 3 is 1.63 bits per heavy atom. The van der Waals surface area contributed by atoms with Gasteiger partial charge in [-0.25, -0.2) is 4.39 Å². The lowest BCUT2D eigenvalue weighted by Gasteiger charge is -2.31. The van der Waals surface area contributed by atoms with Crippen molar-refractivity contribution >= 4 is 18.9 Å². The molecule has 3 rings (SSSR count). The van der Waals surface area contributed by atoms with Crippen LogP contribution in [0.4, 0.5) is 4.39 Å². The zero-order valence-corrected chi connectivity index (χ0v) is 36.0. The molecule has 2 fully saturated rings. The van der Waals surface area contributed by atoms with Crippen LogP contribution in [-0.4, -0.2) is 17.5 Å². The minimum atomic E-state index is -0.256. The van der Waals surface area contributed by atoms with Gasteiger partial charge in [-0.15, -0.1) is 12.6 Å². The minimum absolute atomic E-state index is 0.100. The molecule has 0 aromatic rings. The van der Waals surface area contributed by atoms with Crippen molar-refractivity contribution < 1.29 is 14.3 Å². The number of aliphatic hydroxyl groups is 1. The van der Waals surface area contributed by atoms with Crippen LogP contribution in [0.1, 0.15) is 199 Å². The molecule has 292 valence electrons. The molecule has 0 radical (unpaired) electrons. The van der Waals surface area contributed by atoms with E-state index >= 15 is 0 Å². The zero-order chi connectivity index (χ0) is 38.7. The normalized spacial score (nSPS) is 18.0. The van der Waals surface area contributed by atoms with Gasteiger partial charge >= 0.3 is 0 Å². The second kappa shape index (κ2) is 48.7. The van der Waals surface area contributed by atoms with Gasteiger partial charge in [-0.3, -0.25) is 4.79 Å². The smallest absolute Gasteiger partial charge is 0.145 e. The fourth-order valence-electron chi connectivity index (χ4n) is 5.38. The summed E-state index contributed by atoms with van der Waals surface area (Å²) in [5.74, 6) is 1.70. The second-order valence-corrected chi connectivity index (χ2v) is 13.0. The van der Waals surface area contributed by atoms with Gasteiger partial charge < -0.3 is 5.11 Å². The van der Waals surface area contributed by atoms with Crippen LogP contribution < -0.4 is 0 Å². The predicted octanol–water partition coefficient (Wildman–Crippen LogP) is 15.9. The third-order valence-corrected chi connectivity index (χ3v) is 8.36. The Hall–Kier alpha value is -1.39. The molecule has 2 unspecified atom stereocenters. The Balaban J connectivity index is -0.000000167. The fraction of sp³-hybridized carbons (Fsp3) is 0.756. The molecule has 0 amide bonds. The summed E-state index contributed by atoms with van der Waals surface area (Å²) in [5, 5.41) is 11.3. The van der Waals surface area contributed by atoms with Crippen LogP contribution in [0.2, 0.25) is 0 Å². The molecule has 3 aliphatic rings. The zero-order valence-electron chi connectivity index (χ0n) is 35.1. The number of hydrogen-bond acceptors (Lipinski definition) is 3. The third kappa shape index (κ3) is 44.6. The Bertz CT molecular complexity index is 778. The number of aldehydes is 1. The molecular formula is C45H87FO2S. The summed E-state index contributed by atoms with van der Waals surface area (Å²) < 4.78 is 11.2. The van der Waals surface area contributed by atoms with E-state index in [-0.39, 0.29) is 11.9 Å². The molecule has 49 heavy (non-hydrogen) atoms. The van der Waals surface area contributed by atoms with Gasteiger partial charge in [0.15, 0.2) is 0 Å². The van der Waals surface area contributed by atoms with Crippen LogP contribution in [0.15, 0.2) is 58.8 Å². The number of hydrogen-bond donors (Lipinski definition) is 2. The van der Waals surface area contributed by atoms with Crippen LogP contribution in [-0.2, 0) is 4.79 Å². The van der Waals surface area contributed by atoms with Crippen molar-refractivity contribution in [1.82, 2.24) is 0 Å². The lowest BCUT2D eigenvalue weighted by atomic mass is 9.78. The topological polar surface area (TPSA) is 37.3 Å². The molecule has 2 saturated carbocycles. The second-order valence-electron chi connectivity index (χ2n) is 12.7. The van der Waals surface area contributed by atoms with Gasteiger partial charge in [0.25, 0.3) is 0 Å². The SMILES string of the molecule is C/C(F)=C\S.C/C=C(\C)C=O.CC.CC.CC/C=C(\C)CC1CCCCC1.CCC.CCCCC.OC(C1C=CC=CC1)C1CCCCC1. The van der Waals surface area contributed by atoms with Crippen molar-refractivity contribution in [2.45, 2.75) is 205 Å². The van der Waals surface area contributed by atoms with E-state index in [1.807, 2.05) is 34.6 Å². The van der Waals surface area contributed by atoms with Crippen LogP contribution >= 0.6 is 12.6 Å². The van der Waals surface area contributed by atoms with Gasteiger partial charge in [0.05, 0.1) is 6.10 Å². The van der Waals surface area contributed by atoms with Gasteiger partial charge in [0, 0.05) is 5.92 Å². The van der Waals surface area contributed by atoms with E-state index in [1.165, 1.54) is 110 Å². The molecule has 0 aromatic heterocycles. The Labute approximate surface area is 314 Å². The Kier molecular flexibility index (Phi) is 56.6. The lowest BCUT2D eigenvalue weighted by molar-refractivity contribution is -0.104. The van der Waals surface area contributed by atoms with Gasteiger partial charge in [0.1, 0.15) is 12.1 Å². The molecule has 0 heterocycles. The summed E-state index contributed by atoms with van der Waals surface area (Å²) in [6.07, 6.45) is 36.1. The van der Waals surface area contributed by atoms with E-state index in [1.54, 1.807) is 18.6 Å². The maximum absolute atomic E-state index is 11.2. The van der Waals surface area contributed by atoms with E-state index in [4.69, 9.17) is 0 Å². The van der Waals surface area contributed by atoms with Crippen LogP contribution in [0.3, 0.4) is 0 Å². The van der Waals surface area contributed by atoms with Gasteiger partial charge in [-0.05, 0) is 82.6 Å². The van der Waals surface area contributed by atoms with Crippen molar-refractivity contribution in [1.29, 1.82) is 0 Å². The summed E-state index contributed by atoms with van der Waals surface area (Å²) in [4.78, 5) is 9.67. The Morgan fingerprint density at radius 2 is 1.33 bits per heavy atom. The highest BCUT2D eigenvalue weighted by Crippen LogP contribution is 2.32. The number of aliphatic hydroxyl groups excluding tert-OH is 1. The van der Waals surface area contributed by atoms with Gasteiger partial charge in [0.2, 0.25) is 0 Å². The van der Waals surface area contributed by atoms with E-state index in [9.17, 15) is 14.3 Å². The van der Waals surface area contributed by atoms with Crippen molar-refractivity contribution in [3.8, 4) is 0 Å². The molecule has 3 aliphatic carbocycles. The largest absolute Gasteiger partial charge is 0.392 e. The van der Waals surface area contributed by atoms with Gasteiger partial charge in [-0.1, -0.05) is 181 Å². The fourth-order valence-corrected chi connectivity index (χ4v) is 5.38. The maximum atomic E-state index is 11.2. The van der Waals surface area contributed by atoms with Crippen molar-refractivity contribution in [2.24, 2.45) is 17.8 Å². The molecule has 1 N–H and O–H groups in total. The first-order chi connectivity index (χ1) is 23.6. The molecule has 0 bridgehead atoms. The molecule has 4 heteroatoms. The number of rotatable bonds is 8. The molecule has 0 aromatic carbocycles. The predicted molar refractivity (Wildman–Crippen MR) is 227 cm³/mol. The number of carbonyl (C=O) groups excluding carboxylic acids is 1. The average Bonchev–Trinajstić information content (AvgIpc) is 3.15. The summed E-state index contributed by atoms with van der Waals surface area (Å²) >= 11 is 3.48. The number of unbranched alkanes of at least 4 members (excludes halogenated alkanes) is 2. The van der Waals surface area contributed by atoms with E-state index in [0.717, 1.165) is 29.6 Å². The van der Waals surface area contributed by atoms with Crippen molar-refractivity contribution in [3.63, 3.8) is 0 Å². The highest BCUT2D eigenvalue weighted by atomic mass is 32.1. The molecular weight excluding hydrogens is 624 g/mol. The molecule has 0 spiro atoms. The van der Waals surface area contributed by atoms with Crippen LogP contribution in [0, 0.1) is 17.8 Å². The number of thiol groups is 1. The van der Waals surface area contributed by atoms with Crippen LogP contribution in [0.25, 0.3) is 0 Å². The van der Waals surface area contributed by atoms with Gasteiger partial charge in [-0.2, -0.15) is 0 Å². The molecule has 0 saturated heterocycles. The van der Waals surface area contributed by atoms with E-state index in [2.05, 4.69) is 84.6 Å². The van der Waals surface area contributed by atoms with Crippen molar-refractivity contribution in [2.75, 3.05) is 0 Å². The summed E-state index contributed by atoms with van der Waals surface area (Å²) in [5.41, 5.74) is 2.40. The molecule has 2 atom stereocenters. The maximum Gasteiger partial charge on any atom is 0.145 e. The third-order valence-electron chi connectivity index (χ3n) is 8.00. The number of carbonyl (C=O) groups is 1.